The van der Waals surface area contributed by atoms with E-state index in [0.717, 1.165) is 0 Å². The summed E-state index contributed by atoms with van der Waals surface area (Å²) in [4.78, 5) is 0.0937. The number of ether oxygens (including phenoxy) is 2. The van der Waals surface area contributed by atoms with Gasteiger partial charge in [-0.3, -0.25) is 0 Å². The van der Waals surface area contributed by atoms with E-state index in [4.69, 9.17) is 9.47 Å². The summed E-state index contributed by atoms with van der Waals surface area (Å²) in [6.45, 7) is 4.88. The lowest BCUT2D eigenvalue weighted by molar-refractivity contribution is 0.114. The van der Waals surface area contributed by atoms with Gasteiger partial charge in [-0.2, -0.15) is 0 Å². The molecule has 0 aliphatic rings. The summed E-state index contributed by atoms with van der Waals surface area (Å²) in [7, 11) is -2.15. The van der Waals surface area contributed by atoms with Crippen molar-refractivity contribution in [1.29, 1.82) is 0 Å². The van der Waals surface area contributed by atoms with Gasteiger partial charge in [0.2, 0.25) is 10.0 Å². The van der Waals surface area contributed by atoms with E-state index in [1.165, 1.54) is 25.3 Å². The fraction of sp³-hybridized carbons (Fsp3) is 0.571. The normalized spacial score (nSPS) is 11.9. The number of hydrogen-bond donors (Lipinski definition) is 2. The van der Waals surface area contributed by atoms with Crippen molar-refractivity contribution < 1.29 is 23.0 Å². The van der Waals surface area contributed by atoms with Crippen molar-refractivity contribution in [2.24, 2.45) is 5.92 Å². The Morgan fingerprint density at radius 3 is 2.62 bits per heavy atom. The molecule has 120 valence electrons. The third-order valence-corrected chi connectivity index (χ3v) is 4.18. The van der Waals surface area contributed by atoms with Gasteiger partial charge in [-0.1, -0.05) is 13.8 Å². The van der Waals surface area contributed by atoms with Crippen LogP contribution in [-0.4, -0.2) is 40.4 Å². The quantitative estimate of drug-likeness (QED) is 0.667. The van der Waals surface area contributed by atoms with E-state index in [-0.39, 0.29) is 18.0 Å². The molecule has 21 heavy (non-hydrogen) atoms. The van der Waals surface area contributed by atoms with Crippen LogP contribution in [0.2, 0.25) is 0 Å². The highest BCUT2D eigenvalue weighted by molar-refractivity contribution is 7.89. The first-order valence-electron chi connectivity index (χ1n) is 6.76. The average molecular weight is 317 g/mol. The molecule has 0 radical (unpaired) electrons. The Morgan fingerprint density at radius 1 is 1.33 bits per heavy atom. The van der Waals surface area contributed by atoms with Gasteiger partial charge in [0.25, 0.3) is 0 Å². The number of rotatable bonds is 9. The maximum absolute atomic E-state index is 12.1. The van der Waals surface area contributed by atoms with Gasteiger partial charge >= 0.3 is 0 Å². The average Bonchev–Trinajstić information content (AvgIpc) is 2.45. The lowest BCUT2D eigenvalue weighted by Crippen LogP contribution is -2.28. The van der Waals surface area contributed by atoms with Crippen molar-refractivity contribution in [3.63, 3.8) is 0 Å². The minimum atomic E-state index is -3.62. The fourth-order valence-corrected chi connectivity index (χ4v) is 2.76. The van der Waals surface area contributed by atoms with Crippen LogP contribution < -0.4 is 9.46 Å². The molecular weight excluding hydrogens is 294 g/mol. The highest BCUT2D eigenvalue weighted by atomic mass is 32.2. The smallest absolute Gasteiger partial charge is 0.240 e. The van der Waals surface area contributed by atoms with E-state index in [9.17, 15) is 13.5 Å². The Kier molecular flexibility index (Phi) is 7.10. The first-order valence-corrected chi connectivity index (χ1v) is 8.24. The van der Waals surface area contributed by atoms with Gasteiger partial charge in [0.05, 0.1) is 25.2 Å². The van der Waals surface area contributed by atoms with E-state index >= 15 is 0 Å². The molecule has 1 aromatic carbocycles. The standard InChI is InChI=1S/C14H23NO5S/c1-11(2)10-20-7-6-15-21(17,18)13-4-5-14(19-3)12(8-13)9-16/h4-5,8,11,15-16H,6-7,9-10H2,1-3H3. The zero-order chi connectivity index (χ0) is 15.9. The number of aliphatic hydroxyl groups is 1. The second-order valence-corrected chi connectivity index (χ2v) is 6.77. The maximum atomic E-state index is 12.1. The van der Waals surface area contributed by atoms with E-state index in [1.54, 1.807) is 0 Å². The fourth-order valence-electron chi connectivity index (χ4n) is 1.70. The van der Waals surface area contributed by atoms with Crippen LogP contribution in [0.4, 0.5) is 0 Å². The van der Waals surface area contributed by atoms with Crippen LogP contribution in [0, 0.1) is 5.92 Å². The molecule has 0 heterocycles. The van der Waals surface area contributed by atoms with Crippen molar-refractivity contribution in [2.75, 3.05) is 26.9 Å². The molecule has 0 aromatic heterocycles. The number of methoxy groups -OCH3 is 1. The Balaban J connectivity index is 2.66. The Bertz CT molecular complexity index is 542. The van der Waals surface area contributed by atoms with Gasteiger partial charge < -0.3 is 14.6 Å². The van der Waals surface area contributed by atoms with Gasteiger partial charge in [-0.05, 0) is 24.1 Å². The number of nitrogens with one attached hydrogen (secondary N) is 1. The van der Waals surface area contributed by atoms with Crippen LogP contribution in [0.1, 0.15) is 19.4 Å². The highest BCUT2D eigenvalue weighted by Crippen LogP contribution is 2.22. The summed E-state index contributed by atoms with van der Waals surface area (Å²) < 4.78 is 37.0. The van der Waals surface area contributed by atoms with Crippen LogP contribution >= 0.6 is 0 Å². The summed E-state index contributed by atoms with van der Waals surface area (Å²) in [6.07, 6.45) is 0. The van der Waals surface area contributed by atoms with Crippen molar-refractivity contribution in [3.05, 3.63) is 23.8 Å². The Hall–Kier alpha value is -1.15. The first kappa shape index (κ1) is 17.9. The second kappa shape index (κ2) is 8.33. The molecule has 0 atom stereocenters. The van der Waals surface area contributed by atoms with Gasteiger partial charge in [-0.25, -0.2) is 13.1 Å². The van der Waals surface area contributed by atoms with Crippen LogP contribution in [0.15, 0.2) is 23.1 Å². The van der Waals surface area contributed by atoms with Gasteiger partial charge in [0.15, 0.2) is 0 Å². The lowest BCUT2D eigenvalue weighted by Gasteiger charge is -2.11. The van der Waals surface area contributed by atoms with E-state index in [1.807, 2.05) is 13.8 Å². The monoisotopic (exact) mass is 317 g/mol. The van der Waals surface area contributed by atoms with Crippen molar-refractivity contribution >= 4 is 10.0 Å². The molecule has 0 bridgehead atoms. The van der Waals surface area contributed by atoms with Crippen LogP contribution in [-0.2, 0) is 21.4 Å². The summed E-state index contributed by atoms with van der Waals surface area (Å²) in [6, 6.07) is 4.36. The maximum Gasteiger partial charge on any atom is 0.240 e. The minimum Gasteiger partial charge on any atom is -0.496 e. The van der Waals surface area contributed by atoms with Gasteiger partial charge in [-0.15, -0.1) is 0 Å². The first-order chi connectivity index (χ1) is 9.90. The number of hydrogen-bond acceptors (Lipinski definition) is 5. The third-order valence-electron chi connectivity index (χ3n) is 2.72. The van der Waals surface area contributed by atoms with E-state index < -0.39 is 10.0 Å². The van der Waals surface area contributed by atoms with Gasteiger partial charge in [0, 0.05) is 18.7 Å². The summed E-state index contributed by atoms with van der Waals surface area (Å²) >= 11 is 0. The molecule has 7 heteroatoms. The molecule has 1 aromatic rings. The van der Waals surface area contributed by atoms with Crippen LogP contribution in [0.5, 0.6) is 5.75 Å². The van der Waals surface area contributed by atoms with Gasteiger partial charge in [0.1, 0.15) is 5.75 Å². The van der Waals surface area contributed by atoms with Crippen LogP contribution in [0.25, 0.3) is 0 Å². The summed E-state index contributed by atoms with van der Waals surface area (Å²) in [5.41, 5.74) is 0.427. The topological polar surface area (TPSA) is 84.9 Å². The number of benzene rings is 1. The predicted octanol–water partition coefficient (Wildman–Crippen LogP) is 1.14. The molecule has 0 aliphatic heterocycles. The molecule has 0 amide bonds. The molecule has 6 nitrogen and oxygen atoms in total. The second-order valence-electron chi connectivity index (χ2n) is 5.00. The molecule has 0 fully saturated rings. The zero-order valence-corrected chi connectivity index (χ0v) is 13.4. The zero-order valence-electron chi connectivity index (χ0n) is 12.6. The Labute approximate surface area is 126 Å². The third kappa shape index (κ3) is 5.62. The molecular formula is C14H23NO5S. The SMILES string of the molecule is COc1ccc(S(=O)(=O)NCCOCC(C)C)cc1CO. The Morgan fingerprint density at radius 2 is 2.05 bits per heavy atom. The predicted molar refractivity (Wildman–Crippen MR) is 79.8 cm³/mol. The van der Waals surface area contributed by atoms with Crippen molar-refractivity contribution in [2.45, 2.75) is 25.3 Å². The minimum absolute atomic E-state index is 0.0937. The molecule has 0 unspecified atom stereocenters. The highest BCUT2D eigenvalue weighted by Gasteiger charge is 2.15. The van der Waals surface area contributed by atoms with E-state index in [2.05, 4.69) is 4.72 Å². The molecule has 0 spiro atoms. The molecule has 1 rings (SSSR count). The molecule has 0 saturated carbocycles. The molecule has 0 aliphatic carbocycles. The van der Waals surface area contributed by atoms with E-state index in [0.29, 0.717) is 30.4 Å². The summed E-state index contributed by atoms with van der Waals surface area (Å²) in [5.74, 6) is 0.868. The number of sulfonamides is 1. The molecule has 0 saturated heterocycles. The number of aliphatic hydroxyl groups excluding tert-OH is 1. The molecule has 2 N–H and O–H groups in total. The summed E-state index contributed by atoms with van der Waals surface area (Å²) in [5, 5.41) is 9.22. The van der Waals surface area contributed by atoms with Crippen molar-refractivity contribution in [3.8, 4) is 5.75 Å². The van der Waals surface area contributed by atoms with Crippen LogP contribution in [0.3, 0.4) is 0 Å². The lowest BCUT2D eigenvalue weighted by atomic mass is 10.2. The largest absolute Gasteiger partial charge is 0.496 e. The van der Waals surface area contributed by atoms with Crippen molar-refractivity contribution in [1.82, 2.24) is 4.72 Å².